The van der Waals surface area contributed by atoms with Gasteiger partial charge in [-0.25, -0.2) is 4.99 Å². The molecular weight excluding hydrogens is 280 g/mol. The third kappa shape index (κ3) is 1.13. The van der Waals surface area contributed by atoms with E-state index >= 15 is 0 Å². The van der Waals surface area contributed by atoms with Crippen molar-refractivity contribution in [2.75, 3.05) is 13.2 Å². The molecule has 6 nitrogen and oxygen atoms in total. The van der Waals surface area contributed by atoms with Crippen molar-refractivity contribution in [2.24, 2.45) is 21.6 Å². The highest BCUT2D eigenvalue weighted by atomic mass is 16.8. The van der Waals surface area contributed by atoms with Crippen LogP contribution in [0, 0.1) is 40.4 Å². The predicted molar refractivity (Wildman–Crippen MR) is 76.3 cm³/mol. The lowest BCUT2D eigenvalue weighted by molar-refractivity contribution is -0.184. The van der Waals surface area contributed by atoms with E-state index in [1.54, 1.807) is 0 Å². The van der Waals surface area contributed by atoms with Crippen LogP contribution in [0.2, 0.25) is 0 Å². The third-order valence-electron chi connectivity index (χ3n) is 5.02. The third-order valence-corrected chi connectivity index (χ3v) is 5.02. The average Bonchev–Trinajstić information content (AvgIpc) is 2.77. The molecule has 0 bridgehead atoms. The van der Waals surface area contributed by atoms with E-state index in [0.29, 0.717) is 13.2 Å². The molecule has 2 heterocycles. The Balaban J connectivity index is 1.92. The molecule has 3 aliphatic rings. The maximum absolute atomic E-state index is 9.90. The van der Waals surface area contributed by atoms with E-state index in [2.05, 4.69) is 17.1 Å². The molecule has 3 atom stereocenters. The second-order valence-electron chi connectivity index (χ2n) is 5.96. The minimum atomic E-state index is -1.45. The number of aryl methyl sites for hydroxylation is 1. The summed E-state index contributed by atoms with van der Waals surface area (Å²) in [6.07, 6.45) is 0. The fourth-order valence-corrected chi connectivity index (χ4v) is 3.98. The van der Waals surface area contributed by atoms with Gasteiger partial charge in [0.25, 0.3) is 5.91 Å². The van der Waals surface area contributed by atoms with Gasteiger partial charge in [-0.1, -0.05) is 29.8 Å². The summed E-state index contributed by atoms with van der Waals surface area (Å²) in [5.41, 5.74) is 5.65. The van der Waals surface area contributed by atoms with Gasteiger partial charge in [0.2, 0.25) is 0 Å². The zero-order valence-electron chi connectivity index (χ0n) is 12.0. The Morgan fingerprint density at radius 2 is 1.82 bits per heavy atom. The Labute approximate surface area is 127 Å². The van der Waals surface area contributed by atoms with Crippen LogP contribution in [0.5, 0.6) is 0 Å². The number of nitrogens with two attached hydrogens (primary N) is 1. The van der Waals surface area contributed by atoms with Crippen molar-refractivity contribution in [2.45, 2.75) is 18.8 Å². The Bertz CT molecular complexity index is 767. The number of fused-ring (bicyclic) bond motifs is 2. The van der Waals surface area contributed by atoms with Crippen LogP contribution in [0.3, 0.4) is 0 Å². The lowest BCUT2D eigenvalue weighted by Crippen LogP contribution is -2.38. The number of ether oxygens (including phenoxy) is 2. The molecule has 1 saturated heterocycles. The van der Waals surface area contributed by atoms with Crippen LogP contribution >= 0.6 is 0 Å². The highest BCUT2D eigenvalue weighted by molar-refractivity contribution is 6.00. The molecular formula is C16H14N4O2. The van der Waals surface area contributed by atoms with E-state index < -0.39 is 22.7 Å². The summed E-state index contributed by atoms with van der Waals surface area (Å²) in [6, 6.07) is 12.3. The average molecular weight is 294 g/mol. The van der Waals surface area contributed by atoms with Crippen molar-refractivity contribution < 1.29 is 9.47 Å². The summed E-state index contributed by atoms with van der Waals surface area (Å²) in [5, 5.41) is 19.7. The molecule has 0 aromatic heterocycles. The summed E-state index contributed by atoms with van der Waals surface area (Å²) in [5.74, 6) is -1.72. The van der Waals surface area contributed by atoms with Gasteiger partial charge in [-0.2, -0.15) is 10.5 Å². The van der Waals surface area contributed by atoms with E-state index in [1.807, 2.05) is 31.2 Å². The van der Waals surface area contributed by atoms with Gasteiger partial charge in [-0.05, 0) is 12.5 Å². The largest absolute Gasteiger partial charge is 0.386 e. The summed E-state index contributed by atoms with van der Waals surface area (Å²) >= 11 is 0. The van der Waals surface area contributed by atoms with Crippen LogP contribution < -0.4 is 5.73 Å². The van der Waals surface area contributed by atoms with E-state index in [0.717, 1.165) is 11.1 Å². The molecule has 0 unspecified atom stereocenters. The zero-order valence-corrected chi connectivity index (χ0v) is 12.0. The Morgan fingerprint density at radius 1 is 1.18 bits per heavy atom. The van der Waals surface area contributed by atoms with Gasteiger partial charge in [-0.15, -0.1) is 0 Å². The molecule has 0 amide bonds. The maximum Gasteiger partial charge on any atom is 0.293 e. The molecule has 2 N–H and O–H groups in total. The first kappa shape index (κ1) is 13.3. The minimum absolute atomic E-state index is 0.129. The van der Waals surface area contributed by atoms with Gasteiger partial charge in [-0.3, -0.25) is 0 Å². The molecule has 1 aromatic rings. The van der Waals surface area contributed by atoms with Crippen molar-refractivity contribution in [1.82, 2.24) is 0 Å². The standard InChI is InChI=1S/C16H14N4O2/c1-10-2-4-11(5-3-10)12-14(8-17)13(19)20-16(15(12,14)9-18)21-6-7-22-16/h2-5,12H,6-7H2,1H3,(H2,19,20)/t12-,14+,15-/m1/s1. The second-order valence-corrected chi connectivity index (χ2v) is 5.96. The molecule has 2 aliphatic heterocycles. The summed E-state index contributed by atoms with van der Waals surface area (Å²) in [4.78, 5) is 4.23. The molecule has 4 rings (SSSR count). The normalized spacial score (nSPS) is 37.2. The van der Waals surface area contributed by atoms with E-state index in [-0.39, 0.29) is 5.84 Å². The van der Waals surface area contributed by atoms with Gasteiger partial charge >= 0.3 is 0 Å². The van der Waals surface area contributed by atoms with Crippen LogP contribution in [0.25, 0.3) is 0 Å². The van der Waals surface area contributed by atoms with Crippen molar-refractivity contribution in [3.8, 4) is 12.1 Å². The predicted octanol–water partition coefficient (Wildman–Crippen LogP) is 1.18. The van der Waals surface area contributed by atoms with Crippen LogP contribution in [0.15, 0.2) is 29.3 Å². The first-order valence-electron chi connectivity index (χ1n) is 7.11. The van der Waals surface area contributed by atoms with Gasteiger partial charge < -0.3 is 15.2 Å². The molecule has 22 heavy (non-hydrogen) atoms. The lowest BCUT2D eigenvalue weighted by Gasteiger charge is -2.25. The Kier molecular flexibility index (Phi) is 2.33. The highest BCUT2D eigenvalue weighted by Crippen LogP contribution is 2.82. The molecule has 110 valence electrons. The van der Waals surface area contributed by atoms with Crippen LogP contribution in [-0.4, -0.2) is 25.0 Å². The summed E-state index contributed by atoms with van der Waals surface area (Å²) in [7, 11) is 0. The quantitative estimate of drug-likeness (QED) is 0.837. The first-order chi connectivity index (χ1) is 10.6. The summed E-state index contributed by atoms with van der Waals surface area (Å²) < 4.78 is 11.3. The van der Waals surface area contributed by atoms with Crippen molar-refractivity contribution >= 4 is 5.84 Å². The fourth-order valence-electron chi connectivity index (χ4n) is 3.98. The van der Waals surface area contributed by atoms with Crippen molar-refractivity contribution in [3.05, 3.63) is 35.4 Å². The van der Waals surface area contributed by atoms with E-state index in [9.17, 15) is 10.5 Å². The first-order valence-corrected chi connectivity index (χ1v) is 7.11. The number of nitriles is 2. The van der Waals surface area contributed by atoms with Gasteiger partial charge in [0.05, 0.1) is 25.4 Å². The Morgan fingerprint density at radius 3 is 2.36 bits per heavy atom. The van der Waals surface area contributed by atoms with Crippen LogP contribution in [-0.2, 0) is 9.47 Å². The second kappa shape index (κ2) is 3.86. The molecule has 0 radical (unpaired) electrons. The smallest absolute Gasteiger partial charge is 0.293 e. The van der Waals surface area contributed by atoms with Gasteiger partial charge in [0.15, 0.2) is 5.41 Å². The number of nitrogens with zero attached hydrogens (tertiary/aromatic N) is 3. The number of hydrogen-bond acceptors (Lipinski definition) is 6. The van der Waals surface area contributed by atoms with Gasteiger partial charge in [0.1, 0.15) is 11.3 Å². The molecule has 1 spiro atoms. The molecule has 1 aliphatic carbocycles. The van der Waals surface area contributed by atoms with Crippen molar-refractivity contribution in [3.63, 3.8) is 0 Å². The van der Waals surface area contributed by atoms with E-state index in [1.165, 1.54) is 0 Å². The molecule has 1 aromatic carbocycles. The number of rotatable bonds is 1. The fraction of sp³-hybridized carbons (Fsp3) is 0.438. The molecule has 1 saturated carbocycles. The zero-order chi connectivity index (χ0) is 15.6. The minimum Gasteiger partial charge on any atom is -0.386 e. The molecule has 6 heteroatoms. The topological polar surface area (TPSA) is 104 Å². The lowest BCUT2D eigenvalue weighted by atomic mass is 9.94. The summed E-state index contributed by atoms with van der Waals surface area (Å²) in [6.45, 7) is 2.66. The van der Waals surface area contributed by atoms with Gasteiger partial charge in [0, 0.05) is 5.92 Å². The Hall–Kier alpha value is -2.41. The maximum atomic E-state index is 9.90. The highest BCUT2D eigenvalue weighted by Gasteiger charge is 2.94. The number of benzene rings is 1. The monoisotopic (exact) mass is 294 g/mol. The van der Waals surface area contributed by atoms with E-state index in [4.69, 9.17) is 15.2 Å². The van der Waals surface area contributed by atoms with Crippen molar-refractivity contribution in [1.29, 1.82) is 10.5 Å². The van der Waals surface area contributed by atoms with Crippen LogP contribution in [0.4, 0.5) is 0 Å². The SMILES string of the molecule is Cc1ccc([C@H]2[C@@]3(C#N)C4(N=C(N)[C@]23C#N)OCCO4)cc1. The number of amidine groups is 1. The van der Waals surface area contributed by atoms with Crippen LogP contribution in [0.1, 0.15) is 17.0 Å². The number of hydrogen-bond donors (Lipinski definition) is 1. The number of aliphatic imine (C=N–C) groups is 1. The molecule has 2 fully saturated rings.